The van der Waals surface area contributed by atoms with Crippen molar-refractivity contribution >= 4 is 49.5 Å². The van der Waals surface area contributed by atoms with Crippen LogP contribution in [0, 0.1) is 0 Å². The van der Waals surface area contributed by atoms with E-state index in [2.05, 4.69) is 31.9 Å². The Bertz CT molecular complexity index is 309. The number of allylic oxidation sites excluding steroid dienone is 1. The first-order valence-electron chi connectivity index (χ1n) is 3.83. The minimum atomic E-state index is 0.230. The van der Waals surface area contributed by atoms with Crippen LogP contribution in [-0.4, -0.2) is 21.9 Å². The molecule has 0 aliphatic carbocycles. The Hall–Kier alpha value is 0.260. The van der Waals surface area contributed by atoms with E-state index in [0.717, 1.165) is 14.7 Å². The van der Waals surface area contributed by atoms with E-state index < -0.39 is 0 Å². The third kappa shape index (κ3) is 2.02. The number of thioether (sulfide) groups is 1. The predicted molar refractivity (Wildman–Crippen MR) is 61.7 cm³/mol. The quantitative estimate of drug-likeness (QED) is 0.691. The standard InChI is InChI=1S/C8H7Br2NOS/c9-6(10)1-5-3-11-7(12)2-8(11)13-4-5/h1,3,8H,2,4H2/t8-/m1/s1. The molecule has 13 heavy (non-hydrogen) atoms. The second kappa shape index (κ2) is 3.79. The van der Waals surface area contributed by atoms with E-state index in [1.807, 2.05) is 28.9 Å². The van der Waals surface area contributed by atoms with Crippen molar-refractivity contribution in [3.63, 3.8) is 0 Å². The molecule has 0 aromatic carbocycles. The van der Waals surface area contributed by atoms with Gasteiger partial charge in [0, 0.05) is 12.0 Å². The van der Waals surface area contributed by atoms with Crippen molar-refractivity contribution in [1.29, 1.82) is 0 Å². The number of rotatable bonds is 1. The van der Waals surface area contributed by atoms with Gasteiger partial charge in [0.2, 0.25) is 5.91 Å². The Morgan fingerprint density at radius 2 is 2.46 bits per heavy atom. The molecule has 5 heteroatoms. The zero-order chi connectivity index (χ0) is 9.42. The van der Waals surface area contributed by atoms with Gasteiger partial charge >= 0.3 is 0 Å². The van der Waals surface area contributed by atoms with Gasteiger partial charge in [-0.2, -0.15) is 0 Å². The lowest BCUT2D eigenvalue weighted by Crippen LogP contribution is -2.49. The molecule has 70 valence electrons. The van der Waals surface area contributed by atoms with Crippen molar-refractivity contribution in [3.05, 3.63) is 21.2 Å². The lowest BCUT2D eigenvalue weighted by molar-refractivity contribution is -0.137. The minimum absolute atomic E-state index is 0.230. The number of fused-ring (bicyclic) bond motifs is 1. The van der Waals surface area contributed by atoms with Gasteiger partial charge in [-0.25, -0.2) is 0 Å². The summed E-state index contributed by atoms with van der Waals surface area (Å²) in [7, 11) is 0. The summed E-state index contributed by atoms with van der Waals surface area (Å²) in [6.07, 6.45) is 4.62. The molecule has 0 N–H and O–H groups in total. The van der Waals surface area contributed by atoms with E-state index >= 15 is 0 Å². The van der Waals surface area contributed by atoms with Gasteiger partial charge in [0.25, 0.3) is 0 Å². The van der Waals surface area contributed by atoms with Crippen LogP contribution in [0.25, 0.3) is 0 Å². The zero-order valence-corrected chi connectivity index (χ0v) is 10.7. The van der Waals surface area contributed by atoms with Crippen molar-refractivity contribution in [3.8, 4) is 0 Å². The van der Waals surface area contributed by atoms with Crippen LogP contribution in [0.5, 0.6) is 0 Å². The van der Waals surface area contributed by atoms with Crippen LogP contribution >= 0.6 is 43.6 Å². The van der Waals surface area contributed by atoms with Gasteiger partial charge in [0.05, 0.1) is 15.2 Å². The predicted octanol–water partition coefficient (Wildman–Crippen LogP) is 2.81. The maximum atomic E-state index is 11.1. The zero-order valence-electron chi connectivity index (χ0n) is 6.67. The third-order valence-corrected chi connectivity index (χ3v) is 3.73. The number of carbonyl (C=O) groups excluding carboxylic acids is 1. The number of nitrogens with zero attached hydrogens (tertiary/aromatic N) is 1. The van der Waals surface area contributed by atoms with E-state index in [4.69, 9.17) is 0 Å². The molecule has 0 unspecified atom stereocenters. The van der Waals surface area contributed by atoms with Crippen molar-refractivity contribution in [2.45, 2.75) is 11.8 Å². The van der Waals surface area contributed by atoms with Crippen LogP contribution in [-0.2, 0) is 4.79 Å². The first-order valence-corrected chi connectivity index (χ1v) is 6.46. The summed E-state index contributed by atoms with van der Waals surface area (Å²) in [5, 5.41) is 0.402. The van der Waals surface area contributed by atoms with Gasteiger partial charge in [0.1, 0.15) is 0 Å². The van der Waals surface area contributed by atoms with Crippen molar-refractivity contribution in [2.24, 2.45) is 0 Å². The molecule has 2 rings (SSSR count). The topological polar surface area (TPSA) is 20.3 Å². The molecular weight excluding hydrogens is 318 g/mol. The molecule has 0 bridgehead atoms. The van der Waals surface area contributed by atoms with Crippen molar-refractivity contribution in [2.75, 3.05) is 5.75 Å². The van der Waals surface area contributed by atoms with E-state index in [1.54, 1.807) is 0 Å². The van der Waals surface area contributed by atoms with Crippen molar-refractivity contribution in [1.82, 2.24) is 4.90 Å². The summed E-state index contributed by atoms with van der Waals surface area (Å²) in [5.74, 6) is 1.21. The van der Waals surface area contributed by atoms with Crippen molar-refractivity contribution < 1.29 is 4.79 Å². The normalized spacial score (nSPS) is 26.0. The van der Waals surface area contributed by atoms with E-state index in [-0.39, 0.29) is 5.91 Å². The number of halogens is 2. The second-order valence-corrected chi connectivity index (χ2v) is 6.85. The largest absolute Gasteiger partial charge is 0.306 e. The van der Waals surface area contributed by atoms with Crippen LogP contribution in [0.4, 0.5) is 0 Å². The summed E-state index contributed by atoms with van der Waals surface area (Å²) >= 11 is 8.42. The molecular formula is C8H7Br2NOS. The summed E-state index contributed by atoms with van der Waals surface area (Å²) in [6.45, 7) is 0. The highest BCUT2D eigenvalue weighted by Gasteiger charge is 2.37. The highest BCUT2D eigenvalue weighted by atomic mass is 79.9. The maximum Gasteiger partial charge on any atom is 0.230 e. The molecule has 1 fully saturated rings. The van der Waals surface area contributed by atoms with Crippen LogP contribution in [0.3, 0.4) is 0 Å². The third-order valence-electron chi connectivity index (χ3n) is 1.99. The number of hydrogen-bond donors (Lipinski definition) is 0. The molecule has 1 atom stereocenters. The molecule has 0 saturated carbocycles. The summed E-state index contributed by atoms with van der Waals surface area (Å²) in [4.78, 5) is 12.9. The smallest absolute Gasteiger partial charge is 0.230 e. The molecule has 0 radical (unpaired) electrons. The fourth-order valence-corrected chi connectivity index (χ4v) is 3.05. The highest BCUT2D eigenvalue weighted by Crippen LogP contribution is 2.36. The minimum Gasteiger partial charge on any atom is -0.306 e. The molecule has 2 aliphatic heterocycles. The molecule has 0 spiro atoms. The Balaban J connectivity index is 2.14. The molecule has 2 nitrogen and oxygen atoms in total. The molecule has 2 heterocycles. The first-order chi connectivity index (χ1) is 6.16. The molecule has 0 aromatic rings. The summed E-state index contributed by atoms with van der Waals surface area (Å²) in [6, 6.07) is 0. The van der Waals surface area contributed by atoms with Crippen LogP contribution < -0.4 is 0 Å². The van der Waals surface area contributed by atoms with Crippen LogP contribution in [0.1, 0.15) is 6.42 Å². The average molecular weight is 325 g/mol. The first kappa shape index (κ1) is 9.80. The lowest BCUT2D eigenvalue weighted by Gasteiger charge is -2.40. The van der Waals surface area contributed by atoms with Crippen LogP contribution in [0.2, 0.25) is 0 Å². The van der Waals surface area contributed by atoms with Gasteiger partial charge in [-0.05, 0) is 43.5 Å². The summed E-state index contributed by atoms with van der Waals surface area (Å²) in [5.41, 5.74) is 1.16. The number of amides is 1. The Kier molecular flexibility index (Phi) is 2.86. The molecule has 1 amide bonds. The van der Waals surface area contributed by atoms with Gasteiger partial charge in [-0.3, -0.25) is 4.79 Å². The maximum absolute atomic E-state index is 11.1. The number of β-lactam (4-membered cyclic amide) rings is 1. The molecule has 1 saturated heterocycles. The van der Waals surface area contributed by atoms with Gasteiger partial charge in [-0.15, -0.1) is 11.8 Å². The highest BCUT2D eigenvalue weighted by molar-refractivity contribution is 9.28. The Morgan fingerprint density at radius 1 is 1.69 bits per heavy atom. The molecule has 0 aromatic heterocycles. The average Bonchev–Trinajstić information content (AvgIpc) is 2.05. The van der Waals surface area contributed by atoms with E-state index in [9.17, 15) is 4.79 Å². The lowest BCUT2D eigenvalue weighted by atomic mass is 10.2. The fraction of sp³-hybridized carbons (Fsp3) is 0.375. The second-order valence-electron chi connectivity index (χ2n) is 2.91. The number of hydrogen-bond acceptors (Lipinski definition) is 2. The number of carbonyl (C=O) groups is 1. The van der Waals surface area contributed by atoms with Gasteiger partial charge < -0.3 is 4.90 Å². The van der Waals surface area contributed by atoms with Gasteiger partial charge in [0.15, 0.2) is 0 Å². The fourth-order valence-electron chi connectivity index (χ4n) is 1.32. The van der Waals surface area contributed by atoms with E-state index in [1.165, 1.54) is 0 Å². The van der Waals surface area contributed by atoms with Crippen LogP contribution in [0.15, 0.2) is 21.2 Å². The monoisotopic (exact) mass is 323 g/mol. The summed E-state index contributed by atoms with van der Waals surface area (Å²) < 4.78 is 0.915. The Morgan fingerprint density at radius 3 is 3.08 bits per heavy atom. The Labute approximate surface area is 97.7 Å². The molecule has 2 aliphatic rings. The van der Waals surface area contributed by atoms with E-state index in [0.29, 0.717) is 11.8 Å². The van der Waals surface area contributed by atoms with Gasteiger partial charge in [-0.1, -0.05) is 0 Å². The SMILES string of the molecule is O=C1C[C@H]2SCC(C=C(Br)Br)=CN12.